The summed E-state index contributed by atoms with van der Waals surface area (Å²) in [5.41, 5.74) is 7.89. The number of likely N-dealkylation sites (tertiary alicyclic amines) is 1. The van der Waals surface area contributed by atoms with E-state index in [9.17, 15) is 9.59 Å². The van der Waals surface area contributed by atoms with Gasteiger partial charge in [-0.2, -0.15) is 0 Å². The molecule has 5 nitrogen and oxygen atoms in total. The van der Waals surface area contributed by atoms with E-state index in [-0.39, 0.29) is 23.9 Å². The highest BCUT2D eigenvalue weighted by Crippen LogP contribution is 2.40. The molecule has 5 heteroatoms. The molecule has 4 rings (SSSR count). The summed E-state index contributed by atoms with van der Waals surface area (Å²) in [4.78, 5) is 28.3. The van der Waals surface area contributed by atoms with Gasteiger partial charge in [-0.3, -0.25) is 9.59 Å². The lowest BCUT2D eigenvalue weighted by Crippen LogP contribution is -2.50. The van der Waals surface area contributed by atoms with Gasteiger partial charge in [-0.25, -0.2) is 0 Å². The summed E-state index contributed by atoms with van der Waals surface area (Å²) in [6.45, 7) is 0.363. The summed E-state index contributed by atoms with van der Waals surface area (Å²) < 4.78 is 0. The minimum Gasteiger partial charge on any atom is -0.352 e. The fourth-order valence-electron chi connectivity index (χ4n) is 4.86. The summed E-state index contributed by atoms with van der Waals surface area (Å²) >= 11 is 0. The zero-order valence-electron chi connectivity index (χ0n) is 16.7. The van der Waals surface area contributed by atoms with E-state index in [4.69, 9.17) is 5.73 Å². The number of nitrogens with one attached hydrogen (secondary N) is 1. The van der Waals surface area contributed by atoms with E-state index >= 15 is 0 Å². The first-order valence-corrected chi connectivity index (χ1v) is 10.6. The van der Waals surface area contributed by atoms with Gasteiger partial charge in [-0.15, -0.1) is 0 Å². The fourth-order valence-corrected chi connectivity index (χ4v) is 4.86. The predicted molar refractivity (Wildman–Crippen MR) is 113 cm³/mol. The zero-order valence-corrected chi connectivity index (χ0v) is 16.7. The lowest BCUT2D eigenvalue weighted by molar-refractivity contribution is -0.125. The molecule has 1 aliphatic heterocycles. The standard InChI is InChI=1S/C24H29N3O2/c25-20(17-9-3-1-4-10-17)16-26-23(28)22-15-19-13-7-8-14-21(19)27(22)24(29)18-11-5-2-6-12-18/h1-6,9-12,19-22H,7-8,13-16,25H2,(H,26,28). The van der Waals surface area contributed by atoms with Gasteiger partial charge in [-0.1, -0.05) is 61.4 Å². The van der Waals surface area contributed by atoms with Crippen LogP contribution in [0.4, 0.5) is 0 Å². The van der Waals surface area contributed by atoms with Crippen LogP contribution in [0.25, 0.3) is 0 Å². The number of nitrogens with zero attached hydrogens (tertiary/aromatic N) is 1. The Balaban J connectivity index is 1.49. The summed E-state index contributed by atoms with van der Waals surface area (Å²) in [5, 5.41) is 3.01. The average Bonchev–Trinajstić information content (AvgIpc) is 3.17. The molecule has 0 spiro atoms. The van der Waals surface area contributed by atoms with E-state index in [0.717, 1.165) is 31.2 Å². The van der Waals surface area contributed by atoms with E-state index < -0.39 is 6.04 Å². The number of hydrogen-bond donors (Lipinski definition) is 2. The Kier molecular flexibility index (Phi) is 5.95. The molecule has 2 amide bonds. The fraction of sp³-hybridized carbons (Fsp3) is 0.417. The Morgan fingerprint density at radius 2 is 1.66 bits per heavy atom. The average molecular weight is 392 g/mol. The molecule has 1 heterocycles. The Bertz CT molecular complexity index is 840. The van der Waals surface area contributed by atoms with Gasteiger partial charge in [-0.05, 0) is 42.9 Å². The third kappa shape index (κ3) is 4.20. The summed E-state index contributed by atoms with van der Waals surface area (Å²) in [7, 11) is 0. The maximum absolute atomic E-state index is 13.3. The predicted octanol–water partition coefficient (Wildman–Crippen LogP) is 3.28. The first-order valence-electron chi connectivity index (χ1n) is 10.6. The van der Waals surface area contributed by atoms with Crippen molar-refractivity contribution >= 4 is 11.8 Å². The molecule has 3 N–H and O–H groups in total. The van der Waals surface area contributed by atoms with Crippen LogP contribution in [0.3, 0.4) is 0 Å². The molecular formula is C24H29N3O2. The number of carbonyl (C=O) groups excluding carboxylic acids is 2. The number of fused-ring (bicyclic) bond motifs is 1. The third-order valence-corrected chi connectivity index (χ3v) is 6.37. The largest absolute Gasteiger partial charge is 0.352 e. The highest BCUT2D eigenvalue weighted by atomic mass is 16.2. The van der Waals surface area contributed by atoms with Gasteiger partial charge in [0.25, 0.3) is 5.91 Å². The molecule has 2 aromatic rings. The quantitative estimate of drug-likeness (QED) is 0.821. The smallest absolute Gasteiger partial charge is 0.254 e. The van der Waals surface area contributed by atoms with Crippen LogP contribution in [0.2, 0.25) is 0 Å². The van der Waals surface area contributed by atoms with E-state index in [1.165, 1.54) is 6.42 Å². The summed E-state index contributed by atoms with van der Waals surface area (Å²) in [6, 6.07) is 18.6. The number of hydrogen-bond acceptors (Lipinski definition) is 3. The van der Waals surface area contributed by atoms with Crippen LogP contribution in [0.15, 0.2) is 60.7 Å². The van der Waals surface area contributed by atoms with Gasteiger partial charge in [0.1, 0.15) is 6.04 Å². The molecule has 1 aliphatic carbocycles. The first kappa shape index (κ1) is 19.6. The van der Waals surface area contributed by atoms with Crippen LogP contribution in [0, 0.1) is 5.92 Å². The Hall–Kier alpha value is -2.66. The number of nitrogens with two attached hydrogens (primary N) is 1. The second-order valence-electron chi connectivity index (χ2n) is 8.20. The number of amides is 2. The molecule has 4 unspecified atom stereocenters. The number of carbonyl (C=O) groups is 2. The molecule has 1 saturated carbocycles. The van der Waals surface area contributed by atoms with Crippen molar-refractivity contribution in [1.29, 1.82) is 0 Å². The second kappa shape index (κ2) is 8.78. The van der Waals surface area contributed by atoms with Crippen LogP contribution in [-0.4, -0.2) is 35.3 Å². The van der Waals surface area contributed by atoms with Gasteiger partial charge >= 0.3 is 0 Å². The van der Waals surface area contributed by atoms with Crippen molar-refractivity contribution in [2.45, 2.75) is 50.2 Å². The summed E-state index contributed by atoms with van der Waals surface area (Å²) in [6.07, 6.45) is 5.12. The van der Waals surface area contributed by atoms with E-state index in [0.29, 0.717) is 18.0 Å². The van der Waals surface area contributed by atoms with Crippen LogP contribution in [0.1, 0.15) is 54.1 Å². The summed E-state index contributed by atoms with van der Waals surface area (Å²) in [5.74, 6) is 0.289. The van der Waals surface area contributed by atoms with Crippen LogP contribution in [0.5, 0.6) is 0 Å². The molecule has 2 aliphatic rings. The van der Waals surface area contributed by atoms with Gasteiger partial charge < -0.3 is 16.0 Å². The van der Waals surface area contributed by atoms with E-state index in [1.54, 1.807) is 0 Å². The van der Waals surface area contributed by atoms with Gasteiger partial charge in [0, 0.05) is 24.2 Å². The maximum Gasteiger partial charge on any atom is 0.254 e. The Morgan fingerprint density at radius 1 is 1.00 bits per heavy atom. The van der Waals surface area contributed by atoms with Gasteiger partial charge in [0.2, 0.25) is 5.91 Å². The Labute approximate surface area is 172 Å². The highest BCUT2D eigenvalue weighted by molar-refractivity contribution is 5.98. The molecule has 4 atom stereocenters. The molecule has 2 fully saturated rings. The minimum absolute atomic E-state index is 0.0347. The van der Waals surface area contributed by atoms with E-state index in [1.807, 2.05) is 65.6 Å². The zero-order chi connectivity index (χ0) is 20.2. The monoisotopic (exact) mass is 391 g/mol. The normalized spacial score (nSPS) is 24.6. The minimum atomic E-state index is -0.418. The van der Waals surface area contributed by atoms with Crippen molar-refractivity contribution in [3.8, 4) is 0 Å². The molecule has 152 valence electrons. The molecule has 1 saturated heterocycles. The lowest BCUT2D eigenvalue weighted by atomic mass is 9.84. The molecule has 2 aromatic carbocycles. The van der Waals surface area contributed by atoms with Crippen molar-refractivity contribution < 1.29 is 9.59 Å². The number of benzene rings is 2. The van der Waals surface area contributed by atoms with Crippen molar-refractivity contribution in [2.75, 3.05) is 6.54 Å². The second-order valence-corrected chi connectivity index (χ2v) is 8.20. The molecule has 29 heavy (non-hydrogen) atoms. The van der Waals surface area contributed by atoms with Crippen molar-refractivity contribution in [3.63, 3.8) is 0 Å². The number of rotatable bonds is 5. The van der Waals surface area contributed by atoms with Crippen molar-refractivity contribution in [2.24, 2.45) is 11.7 Å². The first-order chi connectivity index (χ1) is 14.1. The van der Waals surface area contributed by atoms with Crippen LogP contribution >= 0.6 is 0 Å². The van der Waals surface area contributed by atoms with Gasteiger partial charge in [0.05, 0.1) is 0 Å². The Morgan fingerprint density at radius 3 is 2.38 bits per heavy atom. The van der Waals surface area contributed by atoms with Crippen molar-refractivity contribution in [3.05, 3.63) is 71.8 Å². The lowest BCUT2D eigenvalue weighted by Gasteiger charge is -2.33. The van der Waals surface area contributed by atoms with E-state index in [2.05, 4.69) is 5.32 Å². The SMILES string of the molecule is NC(CNC(=O)C1CC2CCCCC2N1C(=O)c1ccccc1)c1ccccc1. The molecule has 0 aromatic heterocycles. The maximum atomic E-state index is 13.3. The third-order valence-electron chi connectivity index (χ3n) is 6.37. The van der Waals surface area contributed by atoms with Crippen LogP contribution < -0.4 is 11.1 Å². The highest BCUT2D eigenvalue weighted by Gasteiger charge is 2.47. The molecular weight excluding hydrogens is 362 g/mol. The van der Waals surface area contributed by atoms with Gasteiger partial charge in [0.15, 0.2) is 0 Å². The topological polar surface area (TPSA) is 75.4 Å². The van der Waals surface area contributed by atoms with Crippen LogP contribution in [-0.2, 0) is 4.79 Å². The van der Waals surface area contributed by atoms with Crippen molar-refractivity contribution in [1.82, 2.24) is 10.2 Å². The molecule has 0 bridgehead atoms. The molecule has 0 radical (unpaired) electrons.